The van der Waals surface area contributed by atoms with Gasteiger partial charge in [0.25, 0.3) is 0 Å². The van der Waals surface area contributed by atoms with Gasteiger partial charge in [-0.2, -0.15) is 0 Å². The van der Waals surface area contributed by atoms with Gasteiger partial charge >= 0.3 is 0 Å². The van der Waals surface area contributed by atoms with E-state index in [9.17, 15) is 0 Å². The van der Waals surface area contributed by atoms with Crippen LogP contribution < -0.4 is 5.90 Å². The summed E-state index contributed by atoms with van der Waals surface area (Å²) in [5.41, 5.74) is 5.33. The Balaban J connectivity index is 2.92. The maximum atomic E-state index is 5.01. The van der Waals surface area contributed by atoms with Crippen molar-refractivity contribution in [2.45, 2.75) is 27.2 Å². The number of hydrogen-bond donors (Lipinski definition) is 1. The predicted molar refractivity (Wildman–Crippen MR) is 54.5 cm³/mol. The molecule has 0 saturated heterocycles. The van der Waals surface area contributed by atoms with Crippen LogP contribution in [0.25, 0.3) is 0 Å². The van der Waals surface area contributed by atoms with Gasteiger partial charge < -0.3 is 4.84 Å². The molecule has 13 heavy (non-hydrogen) atoms. The molecular weight excluding hydrogens is 162 g/mol. The van der Waals surface area contributed by atoms with Crippen LogP contribution in [0.3, 0.4) is 0 Å². The number of nitrogens with two attached hydrogens (primary N) is 1. The van der Waals surface area contributed by atoms with Gasteiger partial charge in [0.05, 0.1) is 6.61 Å². The van der Waals surface area contributed by atoms with E-state index >= 15 is 0 Å². The molecule has 72 valence electrons. The molecule has 0 aromatic heterocycles. The number of rotatable bonds is 3. The molecule has 1 rings (SSSR count). The van der Waals surface area contributed by atoms with Crippen molar-refractivity contribution in [1.29, 1.82) is 0 Å². The molecule has 0 amide bonds. The molecule has 0 saturated carbocycles. The van der Waals surface area contributed by atoms with Crippen molar-refractivity contribution in [2.75, 3.05) is 6.61 Å². The first-order valence-corrected chi connectivity index (χ1v) is 4.53. The van der Waals surface area contributed by atoms with Crippen molar-refractivity contribution in [1.82, 2.24) is 0 Å². The highest BCUT2D eigenvalue weighted by Crippen LogP contribution is 2.16. The molecule has 0 spiro atoms. The smallest absolute Gasteiger partial charge is 0.0719 e. The average Bonchev–Trinajstić information content (AvgIpc) is 2.02. The quantitative estimate of drug-likeness (QED) is 0.721. The molecule has 0 aliphatic rings. The lowest BCUT2D eigenvalue weighted by molar-refractivity contribution is 0.141. The summed E-state index contributed by atoms with van der Waals surface area (Å²) in [5.74, 6) is 5.01. The zero-order valence-electron chi connectivity index (χ0n) is 8.55. The Labute approximate surface area is 79.7 Å². The van der Waals surface area contributed by atoms with Crippen LogP contribution in [0.2, 0.25) is 0 Å². The molecule has 0 heterocycles. The Hall–Kier alpha value is -0.860. The lowest BCUT2D eigenvalue weighted by Gasteiger charge is -2.10. The van der Waals surface area contributed by atoms with Gasteiger partial charge in [0.2, 0.25) is 0 Å². The van der Waals surface area contributed by atoms with Crippen LogP contribution in [0.1, 0.15) is 22.3 Å². The first-order valence-electron chi connectivity index (χ1n) is 4.53. The molecule has 2 N–H and O–H groups in total. The molecule has 0 aliphatic heterocycles. The Morgan fingerprint density at radius 1 is 1.15 bits per heavy atom. The fourth-order valence-electron chi connectivity index (χ4n) is 1.77. The minimum atomic E-state index is 0.588. The molecule has 0 fully saturated rings. The summed E-state index contributed by atoms with van der Waals surface area (Å²) in [4.78, 5) is 4.59. The fourth-order valence-corrected chi connectivity index (χ4v) is 1.77. The van der Waals surface area contributed by atoms with E-state index in [0.717, 1.165) is 6.42 Å². The van der Waals surface area contributed by atoms with E-state index in [4.69, 9.17) is 5.90 Å². The minimum Gasteiger partial charge on any atom is -0.304 e. The number of benzene rings is 1. The number of aryl methyl sites for hydroxylation is 3. The van der Waals surface area contributed by atoms with Crippen molar-refractivity contribution in [2.24, 2.45) is 5.90 Å². The van der Waals surface area contributed by atoms with Gasteiger partial charge in [-0.1, -0.05) is 17.7 Å². The second kappa shape index (κ2) is 4.40. The molecule has 2 nitrogen and oxygen atoms in total. The van der Waals surface area contributed by atoms with Gasteiger partial charge in [0.1, 0.15) is 0 Å². The molecule has 0 unspecified atom stereocenters. The van der Waals surface area contributed by atoms with Crippen LogP contribution in [-0.4, -0.2) is 6.61 Å². The highest BCUT2D eigenvalue weighted by atomic mass is 16.6. The highest BCUT2D eigenvalue weighted by molar-refractivity contribution is 5.37. The fraction of sp³-hybridized carbons (Fsp3) is 0.455. The van der Waals surface area contributed by atoms with E-state index in [1.165, 1.54) is 22.3 Å². The summed E-state index contributed by atoms with van der Waals surface area (Å²) in [6, 6.07) is 4.39. The van der Waals surface area contributed by atoms with Crippen molar-refractivity contribution in [3.63, 3.8) is 0 Å². The predicted octanol–water partition coefficient (Wildman–Crippen LogP) is 2.04. The standard InChI is InChI=1S/C11H17NO/c1-8-6-9(2)11(4-5-13-12)10(3)7-8/h6-7H,4-5,12H2,1-3H3. The molecule has 0 atom stereocenters. The van der Waals surface area contributed by atoms with Crippen LogP contribution in [0.15, 0.2) is 12.1 Å². The second-order valence-corrected chi connectivity index (χ2v) is 3.50. The van der Waals surface area contributed by atoms with Gasteiger partial charge in [0.15, 0.2) is 0 Å². The monoisotopic (exact) mass is 179 g/mol. The van der Waals surface area contributed by atoms with E-state index in [-0.39, 0.29) is 0 Å². The normalized spacial score (nSPS) is 10.5. The maximum Gasteiger partial charge on any atom is 0.0719 e. The lowest BCUT2D eigenvalue weighted by Crippen LogP contribution is -2.06. The van der Waals surface area contributed by atoms with Gasteiger partial charge in [-0.25, -0.2) is 5.90 Å². The van der Waals surface area contributed by atoms with Crippen LogP contribution >= 0.6 is 0 Å². The molecule has 2 heteroatoms. The van der Waals surface area contributed by atoms with Crippen LogP contribution in [-0.2, 0) is 11.3 Å². The van der Waals surface area contributed by atoms with Gasteiger partial charge in [0, 0.05) is 0 Å². The molecular formula is C11H17NO. The topological polar surface area (TPSA) is 35.2 Å². The van der Waals surface area contributed by atoms with Crippen LogP contribution in [0, 0.1) is 20.8 Å². The summed E-state index contributed by atoms with van der Waals surface area (Å²) < 4.78 is 0. The van der Waals surface area contributed by atoms with Crippen molar-refractivity contribution < 1.29 is 4.84 Å². The molecule has 0 aliphatic carbocycles. The van der Waals surface area contributed by atoms with Gasteiger partial charge in [-0.15, -0.1) is 0 Å². The summed E-state index contributed by atoms with van der Waals surface area (Å²) in [6.07, 6.45) is 0.897. The van der Waals surface area contributed by atoms with E-state index < -0.39 is 0 Å². The number of hydrogen-bond acceptors (Lipinski definition) is 2. The zero-order valence-corrected chi connectivity index (χ0v) is 8.55. The third kappa shape index (κ3) is 2.54. The Bertz CT molecular complexity index is 271. The zero-order chi connectivity index (χ0) is 9.84. The second-order valence-electron chi connectivity index (χ2n) is 3.50. The highest BCUT2D eigenvalue weighted by Gasteiger charge is 2.02. The Kier molecular flexibility index (Phi) is 3.46. The van der Waals surface area contributed by atoms with E-state index in [2.05, 4.69) is 37.7 Å². The van der Waals surface area contributed by atoms with Gasteiger partial charge in [-0.3, -0.25) is 0 Å². The summed E-state index contributed by atoms with van der Waals surface area (Å²) in [7, 11) is 0. The van der Waals surface area contributed by atoms with E-state index in [1.807, 2.05) is 0 Å². The van der Waals surface area contributed by atoms with Gasteiger partial charge in [-0.05, 0) is 43.9 Å². The molecule has 1 aromatic rings. The SMILES string of the molecule is Cc1cc(C)c(CCON)c(C)c1. The largest absolute Gasteiger partial charge is 0.304 e. The summed E-state index contributed by atoms with van der Waals surface area (Å²) in [6.45, 7) is 6.96. The maximum absolute atomic E-state index is 5.01. The Morgan fingerprint density at radius 3 is 2.15 bits per heavy atom. The molecule has 0 bridgehead atoms. The van der Waals surface area contributed by atoms with Crippen LogP contribution in [0.5, 0.6) is 0 Å². The third-order valence-corrected chi connectivity index (χ3v) is 2.31. The van der Waals surface area contributed by atoms with E-state index in [0.29, 0.717) is 6.61 Å². The molecule has 0 radical (unpaired) electrons. The first kappa shape index (κ1) is 10.2. The summed E-state index contributed by atoms with van der Waals surface area (Å²) in [5, 5.41) is 0. The average molecular weight is 179 g/mol. The Morgan fingerprint density at radius 2 is 1.69 bits per heavy atom. The summed E-state index contributed by atoms with van der Waals surface area (Å²) >= 11 is 0. The first-order chi connectivity index (χ1) is 6.15. The van der Waals surface area contributed by atoms with Crippen LogP contribution in [0.4, 0.5) is 0 Å². The molecule has 1 aromatic carbocycles. The lowest BCUT2D eigenvalue weighted by atomic mass is 9.98. The van der Waals surface area contributed by atoms with Crippen molar-refractivity contribution in [3.05, 3.63) is 34.4 Å². The van der Waals surface area contributed by atoms with Crippen molar-refractivity contribution >= 4 is 0 Å². The third-order valence-electron chi connectivity index (χ3n) is 2.31. The van der Waals surface area contributed by atoms with Crippen molar-refractivity contribution in [3.8, 4) is 0 Å². The minimum absolute atomic E-state index is 0.588. The van der Waals surface area contributed by atoms with E-state index in [1.54, 1.807) is 0 Å².